The van der Waals surface area contributed by atoms with Crippen LogP contribution in [0.25, 0.3) is 0 Å². The topological polar surface area (TPSA) is 30.5 Å². The fraction of sp³-hybridized carbons (Fsp3) is 0.250. The van der Waals surface area contributed by atoms with Crippen LogP contribution in [0.3, 0.4) is 0 Å². The molecule has 110 valence electrons. The highest BCUT2D eigenvalue weighted by atomic mass is 79.9. The summed E-state index contributed by atoms with van der Waals surface area (Å²) in [5.41, 5.74) is 2.12. The molecule has 0 fully saturated rings. The average molecular weight is 369 g/mol. The molecule has 0 radical (unpaired) electrons. The molecule has 0 unspecified atom stereocenters. The lowest BCUT2D eigenvalue weighted by atomic mass is 10.2. The van der Waals surface area contributed by atoms with Crippen LogP contribution in [0, 0.1) is 0 Å². The molecule has 5 heteroatoms. The summed E-state index contributed by atoms with van der Waals surface area (Å²) >= 11 is 9.49. The lowest BCUT2D eigenvalue weighted by molar-refractivity contribution is 0.297. The maximum Gasteiger partial charge on any atom is 0.163 e. The van der Waals surface area contributed by atoms with E-state index >= 15 is 0 Å². The van der Waals surface area contributed by atoms with Crippen molar-refractivity contribution in [2.75, 3.05) is 18.5 Å². The second kappa shape index (κ2) is 6.58. The third-order valence-corrected chi connectivity index (χ3v) is 4.46. The van der Waals surface area contributed by atoms with Gasteiger partial charge in [-0.2, -0.15) is 0 Å². The van der Waals surface area contributed by atoms with Gasteiger partial charge in [-0.15, -0.1) is 0 Å². The van der Waals surface area contributed by atoms with E-state index in [9.17, 15) is 0 Å². The number of hydrogen-bond acceptors (Lipinski definition) is 3. The van der Waals surface area contributed by atoms with Crippen molar-refractivity contribution >= 4 is 33.2 Å². The Balaban J connectivity index is 1.70. The zero-order valence-corrected chi connectivity index (χ0v) is 13.7. The van der Waals surface area contributed by atoms with Gasteiger partial charge in [0.1, 0.15) is 0 Å². The van der Waals surface area contributed by atoms with Crippen molar-refractivity contribution in [1.29, 1.82) is 0 Å². The summed E-state index contributed by atoms with van der Waals surface area (Å²) < 4.78 is 12.2. The quantitative estimate of drug-likeness (QED) is 0.838. The minimum absolute atomic E-state index is 0.693. The van der Waals surface area contributed by atoms with Crippen LogP contribution in [0.4, 0.5) is 5.69 Å². The molecule has 3 nitrogen and oxygen atoms in total. The SMILES string of the molecule is Clc1cc(CNc2ccc3c(c2)OCCCO3)ccc1Br. The fourth-order valence-corrected chi connectivity index (χ4v) is 2.58. The summed E-state index contributed by atoms with van der Waals surface area (Å²) in [6.45, 7) is 2.10. The van der Waals surface area contributed by atoms with E-state index in [-0.39, 0.29) is 0 Å². The zero-order valence-electron chi connectivity index (χ0n) is 11.4. The number of hydrogen-bond donors (Lipinski definition) is 1. The smallest absolute Gasteiger partial charge is 0.163 e. The minimum Gasteiger partial charge on any atom is -0.490 e. The van der Waals surface area contributed by atoms with E-state index in [1.165, 1.54) is 0 Å². The Kier molecular flexibility index (Phi) is 4.56. The first-order valence-corrected chi connectivity index (χ1v) is 7.97. The lowest BCUT2D eigenvalue weighted by Gasteiger charge is -2.11. The van der Waals surface area contributed by atoms with Gasteiger partial charge < -0.3 is 14.8 Å². The molecule has 0 aliphatic carbocycles. The third-order valence-electron chi connectivity index (χ3n) is 3.23. The summed E-state index contributed by atoms with van der Waals surface area (Å²) in [6.07, 6.45) is 0.912. The predicted octanol–water partition coefficient (Wildman–Crippen LogP) is 4.88. The van der Waals surface area contributed by atoms with E-state index in [0.717, 1.165) is 33.6 Å². The Bertz CT molecular complexity index is 648. The van der Waals surface area contributed by atoms with Gasteiger partial charge in [-0.1, -0.05) is 17.7 Å². The number of halogens is 2. The predicted molar refractivity (Wildman–Crippen MR) is 88.5 cm³/mol. The maximum atomic E-state index is 6.10. The molecule has 0 atom stereocenters. The zero-order chi connectivity index (χ0) is 14.7. The molecule has 0 saturated heterocycles. The normalized spacial score (nSPS) is 13.6. The third kappa shape index (κ3) is 3.63. The number of anilines is 1. The second-order valence-electron chi connectivity index (χ2n) is 4.81. The Morgan fingerprint density at radius 3 is 2.67 bits per heavy atom. The number of nitrogens with one attached hydrogen (secondary N) is 1. The highest BCUT2D eigenvalue weighted by Gasteiger charge is 2.10. The largest absolute Gasteiger partial charge is 0.490 e. The van der Waals surface area contributed by atoms with Crippen LogP contribution in [-0.2, 0) is 6.54 Å². The van der Waals surface area contributed by atoms with Crippen LogP contribution in [0.1, 0.15) is 12.0 Å². The van der Waals surface area contributed by atoms with E-state index in [1.54, 1.807) is 0 Å². The van der Waals surface area contributed by atoms with Gasteiger partial charge in [-0.25, -0.2) is 0 Å². The van der Waals surface area contributed by atoms with Gasteiger partial charge in [0.05, 0.1) is 18.2 Å². The molecule has 2 aromatic rings. The van der Waals surface area contributed by atoms with Crippen LogP contribution in [0.5, 0.6) is 11.5 Å². The van der Waals surface area contributed by atoms with Crippen LogP contribution in [0.15, 0.2) is 40.9 Å². The first kappa shape index (κ1) is 14.5. The van der Waals surface area contributed by atoms with Crippen molar-refractivity contribution in [2.45, 2.75) is 13.0 Å². The minimum atomic E-state index is 0.693. The standard InChI is InChI=1S/C16H15BrClNO2/c17-13-4-2-11(8-14(13)18)10-19-12-3-5-15-16(9-12)21-7-1-6-20-15/h2-5,8-9,19H,1,6-7,10H2. The summed E-state index contributed by atoms with van der Waals surface area (Å²) in [7, 11) is 0. The van der Waals surface area contributed by atoms with Gasteiger partial charge >= 0.3 is 0 Å². The fourth-order valence-electron chi connectivity index (χ4n) is 2.13. The lowest BCUT2D eigenvalue weighted by Crippen LogP contribution is -2.00. The van der Waals surface area contributed by atoms with Crippen LogP contribution in [-0.4, -0.2) is 13.2 Å². The van der Waals surface area contributed by atoms with Gasteiger partial charge in [0.2, 0.25) is 0 Å². The monoisotopic (exact) mass is 367 g/mol. The first-order chi connectivity index (χ1) is 10.2. The first-order valence-electron chi connectivity index (χ1n) is 6.80. The molecule has 1 heterocycles. The molecule has 0 bridgehead atoms. The Hall–Kier alpha value is -1.39. The van der Waals surface area contributed by atoms with Gasteiger partial charge in [0.25, 0.3) is 0 Å². The maximum absolute atomic E-state index is 6.10. The second-order valence-corrected chi connectivity index (χ2v) is 6.08. The number of benzene rings is 2. The van der Waals surface area contributed by atoms with Crippen LogP contribution < -0.4 is 14.8 Å². The molecule has 0 amide bonds. The number of fused-ring (bicyclic) bond motifs is 1. The van der Waals surface area contributed by atoms with E-state index in [2.05, 4.69) is 21.2 Å². The van der Waals surface area contributed by atoms with Crippen molar-refractivity contribution in [3.8, 4) is 11.5 Å². The van der Waals surface area contributed by atoms with E-state index in [4.69, 9.17) is 21.1 Å². The molecule has 1 N–H and O–H groups in total. The van der Waals surface area contributed by atoms with Gasteiger partial charge in [-0.3, -0.25) is 0 Å². The van der Waals surface area contributed by atoms with Gasteiger partial charge in [0, 0.05) is 29.2 Å². The van der Waals surface area contributed by atoms with Gasteiger partial charge in [-0.05, 0) is 45.8 Å². The van der Waals surface area contributed by atoms with Crippen molar-refractivity contribution in [3.05, 3.63) is 51.5 Å². The van der Waals surface area contributed by atoms with Gasteiger partial charge in [0.15, 0.2) is 11.5 Å². The summed E-state index contributed by atoms with van der Waals surface area (Å²) in [4.78, 5) is 0. The number of ether oxygens (including phenoxy) is 2. The van der Waals surface area contributed by atoms with Crippen molar-refractivity contribution in [3.63, 3.8) is 0 Å². The highest BCUT2D eigenvalue weighted by molar-refractivity contribution is 9.10. The van der Waals surface area contributed by atoms with Crippen molar-refractivity contribution < 1.29 is 9.47 Å². The molecule has 0 aromatic heterocycles. The molecule has 0 saturated carbocycles. The van der Waals surface area contributed by atoms with Crippen molar-refractivity contribution in [2.24, 2.45) is 0 Å². The Labute approximate surface area is 137 Å². The van der Waals surface area contributed by atoms with E-state index in [0.29, 0.717) is 24.8 Å². The van der Waals surface area contributed by atoms with E-state index < -0.39 is 0 Å². The highest BCUT2D eigenvalue weighted by Crippen LogP contribution is 2.32. The average Bonchev–Trinajstić information content (AvgIpc) is 2.73. The molecule has 2 aromatic carbocycles. The van der Waals surface area contributed by atoms with E-state index in [1.807, 2.05) is 36.4 Å². The molecule has 0 spiro atoms. The van der Waals surface area contributed by atoms with Crippen molar-refractivity contribution in [1.82, 2.24) is 0 Å². The van der Waals surface area contributed by atoms with Crippen LogP contribution in [0.2, 0.25) is 5.02 Å². The number of rotatable bonds is 3. The molecule has 1 aliphatic rings. The summed E-state index contributed by atoms with van der Waals surface area (Å²) in [5.74, 6) is 1.61. The molecule has 3 rings (SSSR count). The molecular formula is C16H15BrClNO2. The summed E-state index contributed by atoms with van der Waals surface area (Å²) in [5, 5.41) is 4.08. The summed E-state index contributed by atoms with van der Waals surface area (Å²) in [6, 6.07) is 11.8. The molecule has 21 heavy (non-hydrogen) atoms. The Morgan fingerprint density at radius 2 is 1.86 bits per heavy atom. The molecule has 1 aliphatic heterocycles. The molecular weight excluding hydrogens is 354 g/mol. The Morgan fingerprint density at radius 1 is 1.05 bits per heavy atom. The van der Waals surface area contributed by atoms with Crippen LogP contribution >= 0.6 is 27.5 Å².